The van der Waals surface area contributed by atoms with Crippen molar-refractivity contribution < 1.29 is 33.4 Å². The molecule has 0 radical (unpaired) electrons. The molecule has 0 atom stereocenters. The molecule has 2 aromatic heterocycles. The second-order valence-corrected chi connectivity index (χ2v) is 9.45. The van der Waals surface area contributed by atoms with Gasteiger partial charge in [-0.2, -0.15) is 0 Å². The van der Waals surface area contributed by atoms with Crippen molar-refractivity contribution in [3.63, 3.8) is 0 Å². The van der Waals surface area contributed by atoms with Gasteiger partial charge in [-0.3, -0.25) is 9.59 Å². The van der Waals surface area contributed by atoms with Crippen LogP contribution in [0.3, 0.4) is 0 Å². The second kappa shape index (κ2) is 10.3. The van der Waals surface area contributed by atoms with Crippen molar-refractivity contribution in [2.24, 2.45) is 0 Å². The summed E-state index contributed by atoms with van der Waals surface area (Å²) in [5.41, 5.74) is -2.99. The fraction of sp³-hybridized carbons (Fsp3) is 0.0625. The number of rotatable bonds is 6. The van der Waals surface area contributed by atoms with Gasteiger partial charge in [0.25, 0.3) is 0 Å². The number of hydrogen-bond donors (Lipinski definition) is 3. The maximum Gasteiger partial charge on any atom is 0.351 e. The van der Waals surface area contributed by atoms with Gasteiger partial charge in [-0.25, -0.2) is 9.59 Å². The molecule has 0 fully saturated rings. The number of ether oxygens (including phenoxy) is 1. The van der Waals surface area contributed by atoms with Gasteiger partial charge in [0.1, 0.15) is 28.4 Å². The molecule has 10 heteroatoms. The fourth-order valence-corrected chi connectivity index (χ4v) is 5.06. The average molecular weight is 564 g/mol. The van der Waals surface area contributed by atoms with Gasteiger partial charge >= 0.3 is 11.3 Å². The molecular formula is C32H21NO9. The van der Waals surface area contributed by atoms with Gasteiger partial charge in [0.2, 0.25) is 11.6 Å². The van der Waals surface area contributed by atoms with E-state index in [0.29, 0.717) is 11.3 Å². The summed E-state index contributed by atoms with van der Waals surface area (Å²) in [4.78, 5) is 53.8. The van der Waals surface area contributed by atoms with Crippen LogP contribution in [-0.2, 0) is 0 Å². The Balaban J connectivity index is 1.52. The summed E-state index contributed by atoms with van der Waals surface area (Å²) in [6.45, 7) is 0. The molecule has 3 aromatic carbocycles. The number of hydrogen-bond acceptors (Lipinski definition) is 10. The Kier molecular flexibility index (Phi) is 6.43. The molecule has 10 nitrogen and oxygen atoms in total. The summed E-state index contributed by atoms with van der Waals surface area (Å²) in [6, 6.07) is 18.9. The zero-order valence-electron chi connectivity index (χ0n) is 21.9. The van der Waals surface area contributed by atoms with Crippen LogP contribution in [0.2, 0.25) is 0 Å². The molecule has 6 rings (SSSR count). The van der Waals surface area contributed by atoms with Crippen LogP contribution in [0.1, 0.15) is 32.2 Å². The Morgan fingerprint density at radius 3 is 1.62 bits per heavy atom. The lowest BCUT2D eigenvalue weighted by molar-refractivity contribution is 0.101. The van der Waals surface area contributed by atoms with E-state index < -0.39 is 51.4 Å². The number of carbonyl (C=O) groups excluding carboxylic acids is 2. The summed E-state index contributed by atoms with van der Waals surface area (Å²) in [7, 11) is 1.48. The monoisotopic (exact) mass is 563 g/mol. The van der Waals surface area contributed by atoms with Crippen molar-refractivity contribution in [3.8, 4) is 17.2 Å². The minimum atomic E-state index is -1.15. The van der Waals surface area contributed by atoms with Gasteiger partial charge in [0.15, 0.2) is 11.1 Å². The topological polar surface area (TPSA) is 156 Å². The van der Waals surface area contributed by atoms with Crippen LogP contribution in [0.15, 0.2) is 115 Å². The maximum atomic E-state index is 14.0. The molecule has 0 aliphatic carbocycles. The minimum absolute atomic E-state index is 0.0910. The molecule has 3 heterocycles. The third-order valence-electron chi connectivity index (χ3n) is 7.10. The first-order chi connectivity index (χ1) is 20.3. The highest BCUT2D eigenvalue weighted by atomic mass is 16.5. The Morgan fingerprint density at radius 2 is 1.17 bits per heavy atom. The van der Waals surface area contributed by atoms with E-state index in [9.17, 15) is 29.4 Å². The van der Waals surface area contributed by atoms with Crippen molar-refractivity contribution >= 4 is 33.5 Å². The highest BCUT2D eigenvalue weighted by Gasteiger charge is 2.37. The minimum Gasteiger partial charge on any atom is -0.506 e. The molecule has 0 bridgehead atoms. The summed E-state index contributed by atoms with van der Waals surface area (Å²) >= 11 is 0. The number of benzene rings is 3. The number of methoxy groups -OCH3 is 1. The molecule has 0 unspecified atom stereocenters. The maximum absolute atomic E-state index is 14.0. The predicted molar refractivity (Wildman–Crippen MR) is 152 cm³/mol. The van der Waals surface area contributed by atoms with E-state index in [1.54, 1.807) is 48.5 Å². The first-order valence-corrected chi connectivity index (χ1v) is 12.7. The van der Waals surface area contributed by atoms with Crippen molar-refractivity contribution in [2.75, 3.05) is 7.11 Å². The zero-order valence-corrected chi connectivity index (χ0v) is 21.9. The van der Waals surface area contributed by atoms with Crippen molar-refractivity contribution in [1.29, 1.82) is 0 Å². The highest BCUT2D eigenvalue weighted by molar-refractivity contribution is 6.18. The molecule has 1 aliphatic rings. The van der Waals surface area contributed by atoms with E-state index in [-0.39, 0.29) is 33.1 Å². The van der Waals surface area contributed by atoms with Crippen LogP contribution in [0, 0.1) is 0 Å². The van der Waals surface area contributed by atoms with Gasteiger partial charge in [-0.05, 0) is 42.0 Å². The standard InChI is InChI=1S/C32H21NO9/c1-40-17-12-10-16(11-13-17)24-20(29(36)25-27(34)18-6-2-4-8-22(18)41-31(25)38)14-33-15-21(24)30(37)26-28(35)19-7-3-5-9-23(19)42-32(26)39/h2-15,24,33-35H,1H3. The fourth-order valence-electron chi connectivity index (χ4n) is 5.06. The van der Waals surface area contributed by atoms with Crippen molar-refractivity contribution in [2.45, 2.75) is 5.92 Å². The quantitative estimate of drug-likeness (QED) is 0.198. The second-order valence-electron chi connectivity index (χ2n) is 9.45. The number of dihydropyridines is 1. The molecule has 42 heavy (non-hydrogen) atoms. The normalized spacial score (nSPS) is 13.4. The van der Waals surface area contributed by atoms with Gasteiger partial charge < -0.3 is 29.1 Å². The summed E-state index contributed by atoms with van der Waals surface area (Å²) in [6.07, 6.45) is 2.59. The number of allylic oxidation sites excluding steroid dienone is 2. The van der Waals surface area contributed by atoms with E-state index in [2.05, 4.69) is 5.32 Å². The van der Waals surface area contributed by atoms with E-state index in [1.807, 2.05) is 0 Å². The highest BCUT2D eigenvalue weighted by Crippen LogP contribution is 2.40. The van der Waals surface area contributed by atoms with Crippen LogP contribution in [0.5, 0.6) is 17.2 Å². The Morgan fingerprint density at radius 1 is 0.714 bits per heavy atom. The van der Waals surface area contributed by atoms with Crippen LogP contribution >= 0.6 is 0 Å². The molecule has 0 saturated heterocycles. The number of para-hydroxylation sites is 2. The summed E-state index contributed by atoms with van der Waals surface area (Å²) in [5.74, 6) is -3.61. The van der Waals surface area contributed by atoms with Gasteiger partial charge in [-0.15, -0.1) is 0 Å². The van der Waals surface area contributed by atoms with Gasteiger partial charge in [-0.1, -0.05) is 36.4 Å². The number of aromatic hydroxyl groups is 2. The zero-order chi connectivity index (χ0) is 29.5. The number of fused-ring (bicyclic) bond motifs is 2. The predicted octanol–water partition coefficient (Wildman–Crippen LogP) is 4.54. The van der Waals surface area contributed by atoms with Crippen molar-refractivity contribution in [3.05, 3.63) is 134 Å². The van der Waals surface area contributed by atoms with Crippen LogP contribution < -0.4 is 21.3 Å². The lowest BCUT2D eigenvalue weighted by Gasteiger charge is -2.26. The van der Waals surface area contributed by atoms with E-state index in [0.717, 1.165) is 0 Å². The molecule has 1 aliphatic heterocycles. The SMILES string of the molecule is COc1ccc(C2C(C(=O)c3c(O)c4ccccc4oc3=O)=CNC=C2C(=O)c2c(O)c3ccccc3oc2=O)cc1. The smallest absolute Gasteiger partial charge is 0.351 e. The lowest BCUT2D eigenvalue weighted by Crippen LogP contribution is -2.29. The summed E-state index contributed by atoms with van der Waals surface area (Å²) in [5, 5.41) is 25.0. The molecule has 5 aromatic rings. The first kappa shape index (κ1) is 26.3. The van der Waals surface area contributed by atoms with Gasteiger partial charge in [0, 0.05) is 29.5 Å². The molecule has 3 N–H and O–H groups in total. The Bertz CT molecular complexity index is 1970. The molecular weight excluding hydrogens is 542 g/mol. The third-order valence-corrected chi connectivity index (χ3v) is 7.10. The van der Waals surface area contributed by atoms with E-state index in [4.69, 9.17) is 13.6 Å². The number of carbonyl (C=O) groups is 2. The number of nitrogens with one attached hydrogen (secondary N) is 1. The Hall–Kier alpha value is -5.90. The first-order valence-electron chi connectivity index (χ1n) is 12.7. The largest absolute Gasteiger partial charge is 0.506 e. The van der Waals surface area contributed by atoms with Crippen LogP contribution in [0.4, 0.5) is 0 Å². The number of ketones is 2. The molecule has 208 valence electrons. The number of Topliss-reactive ketones (excluding diaryl/α,β-unsaturated/α-hetero) is 2. The van der Waals surface area contributed by atoms with Crippen LogP contribution in [-0.4, -0.2) is 28.9 Å². The van der Waals surface area contributed by atoms with Gasteiger partial charge in [0.05, 0.1) is 17.9 Å². The molecule has 0 amide bonds. The summed E-state index contributed by atoms with van der Waals surface area (Å²) < 4.78 is 15.8. The van der Waals surface area contributed by atoms with Crippen LogP contribution in [0.25, 0.3) is 21.9 Å². The Labute approximate surface area is 236 Å². The lowest BCUT2D eigenvalue weighted by atomic mass is 9.78. The van der Waals surface area contributed by atoms with Crippen molar-refractivity contribution in [1.82, 2.24) is 5.32 Å². The average Bonchev–Trinajstić information content (AvgIpc) is 3.00. The van der Waals surface area contributed by atoms with E-state index in [1.165, 1.54) is 43.8 Å². The molecule has 0 spiro atoms. The third kappa shape index (κ3) is 4.22. The van der Waals surface area contributed by atoms with E-state index >= 15 is 0 Å². The molecule has 0 saturated carbocycles.